The van der Waals surface area contributed by atoms with E-state index in [-0.39, 0.29) is 23.6 Å². The minimum Gasteiger partial charge on any atom is -0.406 e. The van der Waals surface area contributed by atoms with Gasteiger partial charge >= 0.3 is 6.36 Å². The number of halogens is 3. The molecule has 1 N–H and O–H groups in total. The molecule has 23 heavy (non-hydrogen) atoms. The van der Waals surface area contributed by atoms with E-state index in [2.05, 4.69) is 20.3 Å². The first kappa shape index (κ1) is 15.7. The Morgan fingerprint density at radius 2 is 2.00 bits per heavy atom. The maximum atomic E-state index is 12.1. The molecule has 0 spiro atoms. The molecule has 1 heterocycles. The highest BCUT2D eigenvalue weighted by molar-refractivity contribution is 7.13. The van der Waals surface area contributed by atoms with E-state index in [1.807, 2.05) is 0 Å². The van der Waals surface area contributed by atoms with Gasteiger partial charge in [-0.1, -0.05) is 23.5 Å². The number of amides is 1. The van der Waals surface area contributed by atoms with Gasteiger partial charge in [0.1, 0.15) is 10.8 Å². The van der Waals surface area contributed by atoms with Crippen molar-refractivity contribution in [3.05, 3.63) is 39.8 Å². The normalized spacial score (nSPS) is 20.2. The number of rotatable bonds is 4. The van der Waals surface area contributed by atoms with Crippen molar-refractivity contribution in [2.75, 3.05) is 0 Å². The molecule has 5 nitrogen and oxygen atoms in total. The number of hydrogen-bond acceptors (Lipinski definition) is 5. The van der Waals surface area contributed by atoms with Gasteiger partial charge in [0.25, 0.3) is 5.91 Å². The summed E-state index contributed by atoms with van der Waals surface area (Å²) >= 11 is 1.21. The number of nitrogens with one attached hydrogen (secondary N) is 1. The lowest BCUT2D eigenvalue weighted by Gasteiger charge is -2.09. The molecule has 0 radical (unpaired) electrons. The predicted molar refractivity (Wildman–Crippen MR) is 76.4 cm³/mol. The molecular weight excluding hydrogens is 331 g/mol. The fourth-order valence-electron chi connectivity index (χ4n) is 2.26. The molecular formula is C14H12F3N3O2S. The fraction of sp³-hybridized carbons (Fsp3) is 0.357. The van der Waals surface area contributed by atoms with Gasteiger partial charge in [0, 0.05) is 12.0 Å². The second kappa shape index (κ2) is 5.80. The number of nitrogens with zero attached hydrogens (tertiary/aromatic N) is 2. The molecule has 0 unspecified atom stereocenters. The molecule has 3 rings (SSSR count). The largest absolute Gasteiger partial charge is 0.573 e. The van der Waals surface area contributed by atoms with Crippen LogP contribution >= 0.6 is 11.3 Å². The Kier molecular flexibility index (Phi) is 3.97. The smallest absolute Gasteiger partial charge is 0.406 e. The highest BCUT2D eigenvalue weighted by Gasteiger charge is 2.40. The van der Waals surface area contributed by atoms with Gasteiger partial charge in [0.05, 0.1) is 0 Å². The van der Waals surface area contributed by atoms with Crippen LogP contribution in [-0.2, 0) is 0 Å². The topological polar surface area (TPSA) is 64.1 Å². The van der Waals surface area contributed by atoms with Crippen molar-refractivity contribution in [1.82, 2.24) is 15.5 Å². The summed E-state index contributed by atoms with van der Waals surface area (Å²) in [7, 11) is 0. The van der Waals surface area contributed by atoms with E-state index >= 15 is 0 Å². The molecule has 122 valence electrons. The SMILES string of the molecule is Cc1nnc(C(=O)N[C@@H]2C[C@H]2c2ccc(OC(F)(F)F)cc2)s1. The Balaban J connectivity index is 1.57. The van der Waals surface area contributed by atoms with E-state index in [4.69, 9.17) is 0 Å². The summed E-state index contributed by atoms with van der Waals surface area (Å²) in [6.07, 6.45) is -3.96. The first-order valence-corrected chi connectivity index (χ1v) is 7.60. The van der Waals surface area contributed by atoms with E-state index in [9.17, 15) is 18.0 Å². The van der Waals surface area contributed by atoms with Crippen molar-refractivity contribution < 1.29 is 22.7 Å². The summed E-state index contributed by atoms with van der Waals surface area (Å²) in [6.45, 7) is 1.76. The van der Waals surface area contributed by atoms with Gasteiger partial charge in [-0.05, 0) is 31.0 Å². The maximum Gasteiger partial charge on any atom is 0.573 e. The van der Waals surface area contributed by atoms with Gasteiger partial charge in [-0.3, -0.25) is 4.79 Å². The number of carbonyl (C=O) groups is 1. The second-order valence-corrected chi connectivity index (χ2v) is 6.35. The molecule has 1 fully saturated rings. The molecule has 0 aliphatic heterocycles. The number of aryl methyl sites for hydroxylation is 1. The van der Waals surface area contributed by atoms with Crippen LogP contribution in [-0.4, -0.2) is 28.5 Å². The summed E-state index contributed by atoms with van der Waals surface area (Å²) in [5.74, 6) is -0.445. The van der Waals surface area contributed by atoms with Crippen molar-refractivity contribution in [3.8, 4) is 5.75 Å². The zero-order valence-electron chi connectivity index (χ0n) is 11.9. The lowest BCUT2D eigenvalue weighted by molar-refractivity contribution is -0.274. The third-order valence-corrected chi connectivity index (χ3v) is 4.21. The van der Waals surface area contributed by atoms with E-state index in [1.165, 1.54) is 23.5 Å². The third kappa shape index (κ3) is 3.98. The molecule has 1 aliphatic carbocycles. The standard InChI is InChI=1S/C14H12F3N3O2S/c1-7-19-20-13(23-7)12(21)18-11-6-10(11)8-2-4-9(5-3-8)22-14(15,16)17/h2-5,10-11H,6H2,1H3,(H,18,21)/t10-,11+/m0/s1. The first-order valence-electron chi connectivity index (χ1n) is 6.78. The summed E-state index contributed by atoms with van der Waals surface area (Å²) < 4.78 is 40.1. The molecule has 1 aromatic heterocycles. The average Bonchev–Trinajstić information content (AvgIpc) is 3.07. The second-order valence-electron chi connectivity index (χ2n) is 5.17. The lowest BCUT2D eigenvalue weighted by atomic mass is 10.1. The summed E-state index contributed by atoms with van der Waals surface area (Å²) in [4.78, 5) is 11.9. The molecule has 1 saturated carbocycles. The molecule has 2 aromatic rings. The number of carbonyl (C=O) groups excluding carboxylic acids is 1. The van der Waals surface area contributed by atoms with Crippen LogP contribution in [0.1, 0.15) is 32.7 Å². The lowest BCUT2D eigenvalue weighted by Crippen LogP contribution is -2.26. The number of ether oxygens (including phenoxy) is 1. The van der Waals surface area contributed by atoms with Gasteiger partial charge in [-0.15, -0.1) is 23.4 Å². The predicted octanol–water partition coefficient (Wildman–Crippen LogP) is 3.03. The van der Waals surface area contributed by atoms with Crippen LogP contribution in [0, 0.1) is 6.92 Å². The molecule has 1 aliphatic rings. The number of aromatic nitrogens is 2. The van der Waals surface area contributed by atoms with Crippen molar-refractivity contribution >= 4 is 17.2 Å². The van der Waals surface area contributed by atoms with Crippen LogP contribution in [0.5, 0.6) is 5.75 Å². The van der Waals surface area contributed by atoms with E-state index in [0.29, 0.717) is 10.0 Å². The highest BCUT2D eigenvalue weighted by atomic mass is 32.1. The van der Waals surface area contributed by atoms with Gasteiger partial charge in [-0.2, -0.15) is 0 Å². The van der Waals surface area contributed by atoms with Crippen molar-refractivity contribution in [3.63, 3.8) is 0 Å². The Bertz CT molecular complexity index is 715. The van der Waals surface area contributed by atoms with E-state index in [1.54, 1.807) is 19.1 Å². The minimum absolute atomic E-state index is 0.0407. The van der Waals surface area contributed by atoms with Gasteiger partial charge in [0.2, 0.25) is 5.01 Å². The number of benzene rings is 1. The van der Waals surface area contributed by atoms with E-state index in [0.717, 1.165) is 12.0 Å². The zero-order chi connectivity index (χ0) is 16.6. The van der Waals surface area contributed by atoms with Gasteiger partial charge < -0.3 is 10.1 Å². The van der Waals surface area contributed by atoms with Crippen LogP contribution in [0.3, 0.4) is 0 Å². The quantitative estimate of drug-likeness (QED) is 0.927. The van der Waals surface area contributed by atoms with Crippen LogP contribution in [0.15, 0.2) is 24.3 Å². The highest BCUT2D eigenvalue weighted by Crippen LogP contribution is 2.41. The molecule has 0 bridgehead atoms. The Labute approximate surface area is 133 Å². The monoisotopic (exact) mass is 343 g/mol. The maximum absolute atomic E-state index is 12.1. The summed E-state index contributed by atoms with van der Waals surface area (Å²) in [5.41, 5.74) is 0.860. The van der Waals surface area contributed by atoms with Crippen molar-refractivity contribution in [2.24, 2.45) is 0 Å². The van der Waals surface area contributed by atoms with Crippen LogP contribution in [0.25, 0.3) is 0 Å². The summed E-state index contributed by atoms with van der Waals surface area (Å²) in [6, 6.07) is 5.66. The zero-order valence-corrected chi connectivity index (χ0v) is 12.7. The average molecular weight is 343 g/mol. The van der Waals surface area contributed by atoms with E-state index < -0.39 is 6.36 Å². The van der Waals surface area contributed by atoms with Gasteiger partial charge in [-0.25, -0.2) is 0 Å². The Morgan fingerprint density at radius 1 is 1.30 bits per heavy atom. The fourth-order valence-corrected chi connectivity index (χ4v) is 2.85. The Morgan fingerprint density at radius 3 is 2.57 bits per heavy atom. The molecule has 1 amide bonds. The molecule has 2 atom stereocenters. The number of alkyl halides is 3. The molecule has 0 saturated heterocycles. The van der Waals surface area contributed by atoms with Crippen LogP contribution < -0.4 is 10.1 Å². The number of hydrogen-bond donors (Lipinski definition) is 1. The van der Waals surface area contributed by atoms with Crippen LogP contribution in [0.2, 0.25) is 0 Å². The van der Waals surface area contributed by atoms with Crippen molar-refractivity contribution in [1.29, 1.82) is 0 Å². The summed E-state index contributed by atoms with van der Waals surface area (Å²) in [5, 5.41) is 11.4. The third-order valence-electron chi connectivity index (χ3n) is 3.37. The molecule has 1 aromatic carbocycles. The van der Waals surface area contributed by atoms with Crippen LogP contribution in [0.4, 0.5) is 13.2 Å². The minimum atomic E-state index is -4.70. The molecule has 9 heteroatoms. The van der Waals surface area contributed by atoms with Crippen molar-refractivity contribution in [2.45, 2.75) is 31.7 Å². The Hall–Kier alpha value is -2.16. The van der Waals surface area contributed by atoms with Gasteiger partial charge in [0.15, 0.2) is 0 Å². The first-order chi connectivity index (χ1) is 10.8.